The first-order chi connectivity index (χ1) is 8.99. The molecule has 0 radical (unpaired) electrons. The minimum Gasteiger partial charge on any atom is -0.478 e. The van der Waals surface area contributed by atoms with Crippen molar-refractivity contribution < 1.29 is 19.5 Å². The van der Waals surface area contributed by atoms with E-state index in [0.717, 1.165) is 5.56 Å². The van der Waals surface area contributed by atoms with Gasteiger partial charge in [-0.3, -0.25) is 9.69 Å². The Morgan fingerprint density at radius 2 is 2.11 bits per heavy atom. The molecule has 0 saturated heterocycles. The number of hydrogen-bond donors (Lipinski definition) is 3. The number of primary amides is 1. The lowest BCUT2D eigenvalue weighted by molar-refractivity contribution is -0.117. The Morgan fingerprint density at radius 3 is 2.74 bits per heavy atom. The first kappa shape index (κ1) is 12.9. The molecule has 7 heteroatoms. The standard InChI is InChI=1S/C12H13N3O4/c13-10(16)6-14-12(19)15-4-3-7-1-2-8(11(17)18)5-9(7)15/h1-2,5H,3-4,6H2,(H2,13,16)(H,14,19)(H,17,18). The summed E-state index contributed by atoms with van der Waals surface area (Å²) in [5.41, 5.74) is 6.53. The number of anilines is 1. The number of nitrogens with zero attached hydrogens (tertiary/aromatic N) is 1. The molecule has 1 aromatic rings. The van der Waals surface area contributed by atoms with Gasteiger partial charge in [0, 0.05) is 12.2 Å². The predicted molar refractivity (Wildman–Crippen MR) is 67.0 cm³/mol. The number of rotatable bonds is 3. The highest BCUT2D eigenvalue weighted by Crippen LogP contribution is 2.29. The van der Waals surface area contributed by atoms with Gasteiger partial charge in [0.25, 0.3) is 0 Å². The topological polar surface area (TPSA) is 113 Å². The van der Waals surface area contributed by atoms with E-state index in [4.69, 9.17) is 10.8 Å². The van der Waals surface area contributed by atoms with Crippen molar-refractivity contribution in [1.82, 2.24) is 5.32 Å². The van der Waals surface area contributed by atoms with Crippen molar-refractivity contribution in [3.63, 3.8) is 0 Å². The van der Waals surface area contributed by atoms with Gasteiger partial charge in [0.15, 0.2) is 0 Å². The lowest BCUT2D eigenvalue weighted by Crippen LogP contribution is -2.42. The molecule has 1 heterocycles. The number of urea groups is 1. The van der Waals surface area contributed by atoms with Crippen LogP contribution in [0, 0.1) is 0 Å². The number of nitrogens with one attached hydrogen (secondary N) is 1. The van der Waals surface area contributed by atoms with Crippen molar-refractivity contribution in [1.29, 1.82) is 0 Å². The molecule has 100 valence electrons. The molecule has 7 nitrogen and oxygen atoms in total. The zero-order chi connectivity index (χ0) is 14.0. The van der Waals surface area contributed by atoms with E-state index < -0.39 is 17.9 Å². The third-order valence-electron chi connectivity index (χ3n) is 2.89. The van der Waals surface area contributed by atoms with E-state index in [9.17, 15) is 14.4 Å². The van der Waals surface area contributed by atoms with Crippen LogP contribution in [0.1, 0.15) is 15.9 Å². The van der Waals surface area contributed by atoms with Gasteiger partial charge in [0.2, 0.25) is 5.91 Å². The van der Waals surface area contributed by atoms with Gasteiger partial charge in [-0.25, -0.2) is 9.59 Å². The second-order valence-corrected chi connectivity index (χ2v) is 4.18. The van der Waals surface area contributed by atoms with E-state index >= 15 is 0 Å². The third-order valence-corrected chi connectivity index (χ3v) is 2.89. The van der Waals surface area contributed by atoms with Crippen LogP contribution >= 0.6 is 0 Å². The fraction of sp³-hybridized carbons (Fsp3) is 0.250. The normalized spacial score (nSPS) is 12.9. The number of carboxylic acid groups (broad SMARTS) is 1. The zero-order valence-corrected chi connectivity index (χ0v) is 10.0. The first-order valence-corrected chi connectivity index (χ1v) is 5.69. The van der Waals surface area contributed by atoms with Crippen LogP contribution in [0.2, 0.25) is 0 Å². The lowest BCUT2D eigenvalue weighted by atomic mass is 10.1. The number of nitrogens with two attached hydrogens (primary N) is 1. The summed E-state index contributed by atoms with van der Waals surface area (Å²) in [6.07, 6.45) is 0.652. The fourth-order valence-electron chi connectivity index (χ4n) is 1.98. The Labute approximate surface area is 109 Å². The van der Waals surface area contributed by atoms with Crippen molar-refractivity contribution in [3.8, 4) is 0 Å². The molecular weight excluding hydrogens is 250 g/mol. The summed E-state index contributed by atoms with van der Waals surface area (Å²) in [7, 11) is 0. The Balaban J connectivity index is 2.20. The van der Waals surface area contributed by atoms with Gasteiger partial charge in [-0.15, -0.1) is 0 Å². The maximum absolute atomic E-state index is 11.9. The van der Waals surface area contributed by atoms with Crippen LogP contribution in [0.25, 0.3) is 0 Å². The van der Waals surface area contributed by atoms with Gasteiger partial charge in [0.1, 0.15) is 0 Å². The second kappa shape index (κ2) is 4.97. The zero-order valence-electron chi connectivity index (χ0n) is 10.0. The maximum atomic E-state index is 11.9. The number of aromatic carboxylic acids is 1. The van der Waals surface area contributed by atoms with Crippen LogP contribution in [0.4, 0.5) is 10.5 Å². The highest BCUT2D eigenvalue weighted by molar-refractivity contribution is 5.98. The summed E-state index contributed by atoms with van der Waals surface area (Å²) in [5.74, 6) is -1.68. The quantitative estimate of drug-likeness (QED) is 0.709. The molecule has 2 rings (SSSR count). The fourth-order valence-corrected chi connectivity index (χ4v) is 1.98. The number of benzene rings is 1. The Morgan fingerprint density at radius 1 is 1.37 bits per heavy atom. The smallest absolute Gasteiger partial charge is 0.335 e. The molecular formula is C12H13N3O4. The molecule has 3 amide bonds. The van der Waals surface area contributed by atoms with Crippen LogP contribution in [0.15, 0.2) is 18.2 Å². The van der Waals surface area contributed by atoms with Crippen molar-refractivity contribution in [2.75, 3.05) is 18.0 Å². The van der Waals surface area contributed by atoms with E-state index in [0.29, 0.717) is 18.7 Å². The van der Waals surface area contributed by atoms with Crippen LogP contribution in [-0.4, -0.2) is 36.1 Å². The van der Waals surface area contributed by atoms with Gasteiger partial charge in [-0.2, -0.15) is 0 Å². The molecule has 0 aromatic heterocycles. The van der Waals surface area contributed by atoms with Gasteiger partial charge in [-0.1, -0.05) is 6.07 Å². The first-order valence-electron chi connectivity index (χ1n) is 5.69. The van der Waals surface area contributed by atoms with Gasteiger partial charge < -0.3 is 16.2 Å². The maximum Gasteiger partial charge on any atom is 0.335 e. The van der Waals surface area contributed by atoms with E-state index in [2.05, 4.69) is 5.32 Å². The second-order valence-electron chi connectivity index (χ2n) is 4.18. The third kappa shape index (κ3) is 2.65. The van der Waals surface area contributed by atoms with Crippen LogP contribution in [0.3, 0.4) is 0 Å². The van der Waals surface area contributed by atoms with E-state index in [1.807, 2.05) is 0 Å². The molecule has 0 bridgehead atoms. The highest BCUT2D eigenvalue weighted by Gasteiger charge is 2.25. The van der Waals surface area contributed by atoms with Gasteiger partial charge in [-0.05, 0) is 24.1 Å². The number of carboxylic acids is 1. The molecule has 0 atom stereocenters. The Bertz CT molecular complexity index is 556. The number of hydrogen-bond acceptors (Lipinski definition) is 3. The summed E-state index contributed by atoms with van der Waals surface area (Å²) in [5, 5.41) is 11.3. The predicted octanol–water partition coefficient (Wildman–Crippen LogP) is -0.0578. The molecule has 1 aliphatic rings. The number of carbonyl (C=O) groups is 3. The van der Waals surface area contributed by atoms with Gasteiger partial charge in [0.05, 0.1) is 12.1 Å². The molecule has 1 aliphatic heterocycles. The summed E-state index contributed by atoms with van der Waals surface area (Å²) < 4.78 is 0. The molecule has 0 saturated carbocycles. The minimum absolute atomic E-state index is 0.119. The van der Waals surface area contributed by atoms with E-state index in [1.54, 1.807) is 6.07 Å². The molecule has 19 heavy (non-hydrogen) atoms. The number of carbonyl (C=O) groups excluding carboxylic acids is 2. The summed E-state index contributed by atoms with van der Waals surface area (Å²) in [6.45, 7) is 0.201. The number of amides is 3. The average molecular weight is 263 g/mol. The Kier molecular flexibility index (Phi) is 3.37. The summed E-state index contributed by atoms with van der Waals surface area (Å²) in [6, 6.07) is 4.20. The highest BCUT2D eigenvalue weighted by atomic mass is 16.4. The van der Waals surface area contributed by atoms with Crippen LogP contribution in [0.5, 0.6) is 0 Å². The SMILES string of the molecule is NC(=O)CNC(=O)N1CCc2ccc(C(=O)O)cc21. The molecule has 4 N–H and O–H groups in total. The van der Waals surface area contributed by atoms with Crippen molar-refractivity contribution in [2.45, 2.75) is 6.42 Å². The molecule has 1 aromatic carbocycles. The molecule has 0 unspecified atom stereocenters. The Hall–Kier alpha value is -2.57. The summed E-state index contributed by atoms with van der Waals surface area (Å²) >= 11 is 0. The van der Waals surface area contributed by atoms with Crippen molar-refractivity contribution in [2.24, 2.45) is 5.73 Å². The molecule has 0 spiro atoms. The molecule has 0 fully saturated rings. The van der Waals surface area contributed by atoms with Crippen LogP contribution < -0.4 is 16.0 Å². The minimum atomic E-state index is -1.05. The van der Waals surface area contributed by atoms with E-state index in [-0.39, 0.29) is 12.1 Å². The number of fused-ring (bicyclic) bond motifs is 1. The molecule has 0 aliphatic carbocycles. The van der Waals surface area contributed by atoms with E-state index in [1.165, 1.54) is 17.0 Å². The monoisotopic (exact) mass is 263 g/mol. The van der Waals surface area contributed by atoms with Crippen molar-refractivity contribution in [3.05, 3.63) is 29.3 Å². The van der Waals surface area contributed by atoms with Crippen molar-refractivity contribution >= 4 is 23.6 Å². The van der Waals surface area contributed by atoms with Gasteiger partial charge >= 0.3 is 12.0 Å². The van der Waals surface area contributed by atoms with Crippen LogP contribution in [-0.2, 0) is 11.2 Å². The average Bonchev–Trinajstić information content (AvgIpc) is 2.78. The largest absolute Gasteiger partial charge is 0.478 e. The summed E-state index contributed by atoms with van der Waals surface area (Å²) in [4.78, 5) is 34.8. The lowest BCUT2D eigenvalue weighted by Gasteiger charge is -2.17.